The molecule has 0 spiro atoms. The smallest absolute Gasteiger partial charge is 0.338 e. The number of hydrogen-bond acceptors (Lipinski definition) is 6. The van der Waals surface area contributed by atoms with Gasteiger partial charge in [-0.1, -0.05) is 40.6 Å². The number of methoxy groups -OCH3 is 1. The second kappa shape index (κ2) is 12.2. The van der Waals surface area contributed by atoms with Crippen molar-refractivity contribution in [2.24, 2.45) is 4.99 Å². The molecule has 0 bridgehead atoms. The van der Waals surface area contributed by atoms with Gasteiger partial charge in [-0.3, -0.25) is 9.36 Å². The van der Waals surface area contributed by atoms with Gasteiger partial charge in [0, 0.05) is 27.1 Å². The largest absolute Gasteiger partial charge is 0.496 e. The summed E-state index contributed by atoms with van der Waals surface area (Å²) in [5.74, 6) is -0.266. The zero-order chi connectivity index (χ0) is 30.1. The predicted molar refractivity (Wildman–Crippen MR) is 166 cm³/mol. The number of carbonyl (C=O) groups excluding carboxylic acids is 1. The van der Waals surface area contributed by atoms with Crippen molar-refractivity contribution in [1.82, 2.24) is 9.13 Å². The van der Waals surface area contributed by atoms with E-state index < -0.39 is 12.0 Å². The summed E-state index contributed by atoms with van der Waals surface area (Å²) in [5, 5.41) is 0. The Labute approximate surface area is 255 Å². The molecule has 218 valence electrons. The van der Waals surface area contributed by atoms with Crippen LogP contribution in [0.5, 0.6) is 5.75 Å². The molecule has 0 radical (unpaired) electrons. The van der Waals surface area contributed by atoms with Crippen molar-refractivity contribution in [3.8, 4) is 11.4 Å². The second-order valence-electron chi connectivity index (χ2n) is 9.94. The number of esters is 1. The number of halogens is 2. The highest BCUT2D eigenvalue weighted by molar-refractivity contribution is 9.10. The quantitative estimate of drug-likeness (QED) is 0.223. The van der Waals surface area contributed by atoms with Crippen LogP contribution in [0.2, 0.25) is 0 Å². The number of thiazole rings is 1. The van der Waals surface area contributed by atoms with Crippen LogP contribution in [0.15, 0.2) is 74.1 Å². The van der Waals surface area contributed by atoms with E-state index in [0.717, 1.165) is 33.5 Å². The van der Waals surface area contributed by atoms with Crippen LogP contribution in [0.1, 0.15) is 55.2 Å². The molecule has 4 aromatic rings. The fourth-order valence-corrected chi connectivity index (χ4v) is 6.79. The van der Waals surface area contributed by atoms with Crippen LogP contribution in [0, 0.1) is 19.7 Å². The highest BCUT2D eigenvalue weighted by Gasteiger charge is 2.36. The summed E-state index contributed by atoms with van der Waals surface area (Å²) in [6, 6.07) is 13.0. The Morgan fingerprint density at radius 1 is 1.14 bits per heavy atom. The van der Waals surface area contributed by atoms with Gasteiger partial charge >= 0.3 is 5.97 Å². The number of ether oxygens (including phenoxy) is 2. The molecule has 42 heavy (non-hydrogen) atoms. The molecule has 0 saturated heterocycles. The number of hydrogen-bond donors (Lipinski definition) is 0. The first kappa shape index (κ1) is 29.7. The molecule has 0 N–H and O–H groups in total. The maximum absolute atomic E-state index is 14.2. The molecule has 2 aromatic carbocycles. The zero-order valence-corrected chi connectivity index (χ0v) is 26.4. The average Bonchev–Trinajstić information content (AvgIpc) is 3.42. The van der Waals surface area contributed by atoms with Gasteiger partial charge in [-0.05, 0) is 87.4 Å². The number of aryl methyl sites for hydroxylation is 1. The molecule has 3 heterocycles. The predicted octanol–water partition coefficient (Wildman–Crippen LogP) is 5.90. The third-order valence-electron chi connectivity index (χ3n) is 7.22. The molecule has 0 aliphatic carbocycles. The van der Waals surface area contributed by atoms with Crippen LogP contribution in [0.25, 0.3) is 11.8 Å². The van der Waals surface area contributed by atoms with Gasteiger partial charge < -0.3 is 14.0 Å². The first-order valence-electron chi connectivity index (χ1n) is 13.7. The summed E-state index contributed by atoms with van der Waals surface area (Å²) in [6.45, 7) is 7.90. The van der Waals surface area contributed by atoms with E-state index in [1.165, 1.54) is 23.5 Å². The van der Waals surface area contributed by atoms with Gasteiger partial charge in [-0.15, -0.1) is 0 Å². The Balaban J connectivity index is 1.76. The van der Waals surface area contributed by atoms with Gasteiger partial charge in [-0.2, -0.15) is 0 Å². The Morgan fingerprint density at radius 2 is 1.88 bits per heavy atom. The average molecular weight is 653 g/mol. The molecule has 5 rings (SSSR count). The van der Waals surface area contributed by atoms with Crippen molar-refractivity contribution in [3.05, 3.63) is 112 Å². The lowest BCUT2D eigenvalue weighted by Gasteiger charge is -2.27. The van der Waals surface area contributed by atoms with Crippen molar-refractivity contribution >= 4 is 39.3 Å². The molecular formula is C32H31BrFN3O4S. The van der Waals surface area contributed by atoms with Crippen LogP contribution in [-0.4, -0.2) is 28.8 Å². The highest BCUT2D eigenvalue weighted by Crippen LogP contribution is 2.38. The number of carbonyl (C=O) groups is 1. The monoisotopic (exact) mass is 651 g/mol. The van der Waals surface area contributed by atoms with Crippen LogP contribution < -0.4 is 19.6 Å². The van der Waals surface area contributed by atoms with Crippen molar-refractivity contribution < 1.29 is 18.7 Å². The number of rotatable bonds is 8. The number of nitrogens with zero attached hydrogens (tertiary/aromatic N) is 3. The minimum Gasteiger partial charge on any atom is -0.496 e. The molecule has 1 atom stereocenters. The van der Waals surface area contributed by atoms with E-state index in [1.807, 2.05) is 55.7 Å². The lowest BCUT2D eigenvalue weighted by Crippen LogP contribution is -2.40. The van der Waals surface area contributed by atoms with Crippen molar-refractivity contribution in [1.29, 1.82) is 0 Å². The SMILES string of the molecule is CCCC1=C(C(=O)OCC)[C@H](c2cc(Br)ccc2OC)n2c(s/c(=C/c3cc(C)n(-c4ccc(F)cc4)c3C)c2=O)=N1. The number of benzene rings is 2. The second-order valence-corrected chi connectivity index (χ2v) is 11.9. The molecule has 1 aliphatic rings. The summed E-state index contributed by atoms with van der Waals surface area (Å²) >= 11 is 4.83. The van der Waals surface area contributed by atoms with Gasteiger partial charge in [0.05, 0.1) is 29.5 Å². The number of allylic oxidation sites excluding steroid dienone is 1. The highest BCUT2D eigenvalue weighted by atomic mass is 79.9. The van der Waals surface area contributed by atoms with Gasteiger partial charge in [0.1, 0.15) is 17.6 Å². The standard InChI is InChI=1S/C32H31BrFN3O4S/c1-6-8-25-28(31(39)41-7-2)29(24-17-21(33)9-14-26(24)40-5)37-30(38)27(42-32(37)35-25)16-20-15-18(3)36(19(20)4)23-12-10-22(34)11-13-23/h9-17,29H,6-8H2,1-5H3/b27-16+/t29-/m0/s1. The van der Waals surface area contributed by atoms with Crippen molar-refractivity contribution in [2.45, 2.75) is 46.6 Å². The lowest BCUT2D eigenvalue weighted by molar-refractivity contribution is -0.139. The molecule has 10 heteroatoms. The molecular weight excluding hydrogens is 621 g/mol. The molecule has 0 amide bonds. The van der Waals surface area contributed by atoms with E-state index in [2.05, 4.69) is 15.9 Å². The van der Waals surface area contributed by atoms with E-state index in [4.69, 9.17) is 14.5 Å². The van der Waals surface area contributed by atoms with Gasteiger partial charge in [0.2, 0.25) is 0 Å². The zero-order valence-electron chi connectivity index (χ0n) is 24.0. The van der Waals surface area contributed by atoms with Crippen LogP contribution in [0.3, 0.4) is 0 Å². The van der Waals surface area contributed by atoms with Crippen LogP contribution in [-0.2, 0) is 9.53 Å². The Kier molecular flexibility index (Phi) is 8.65. The number of aromatic nitrogens is 2. The summed E-state index contributed by atoms with van der Waals surface area (Å²) in [6.07, 6.45) is 3.16. The molecule has 2 aromatic heterocycles. The van der Waals surface area contributed by atoms with E-state index in [9.17, 15) is 14.0 Å². The molecule has 0 unspecified atom stereocenters. The van der Waals surface area contributed by atoms with E-state index >= 15 is 0 Å². The third kappa shape index (κ3) is 5.41. The van der Waals surface area contributed by atoms with Gasteiger partial charge in [0.15, 0.2) is 4.80 Å². The molecule has 1 aliphatic heterocycles. The van der Waals surface area contributed by atoms with Crippen LogP contribution in [0.4, 0.5) is 4.39 Å². The lowest BCUT2D eigenvalue weighted by atomic mass is 9.93. The molecule has 0 saturated carbocycles. The fraction of sp³-hybridized carbons (Fsp3) is 0.281. The first-order chi connectivity index (χ1) is 20.2. The van der Waals surface area contributed by atoms with E-state index in [-0.39, 0.29) is 18.0 Å². The summed E-state index contributed by atoms with van der Waals surface area (Å²) in [5.41, 5.74) is 4.87. The van der Waals surface area contributed by atoms with Crippen molar-refractivity contribution in [2.75, 3.05) is 13.7 Å². The summed E-state index contributed by atoms with van der Waals surface area (Å²) < 4.78 is 29.6. The Hall–Kier alpha value is -3.76. The Bertz CT molecular complexity index is 1890. The minimum atomic E-state index is -0.789. The molecule has 7 nitrogen and oxygen atoms in total. The van der Waals surface area contributed by atoms with E-state index in [1.54, 1.807) is 30.7 Å². The summed E-state index contributed by atoms with van der Waals surface area (Å²) in [4.78, 5) is 33.0. The first-order valence-corrected chi connectivity index (χ1v) is 15.3. The third-order valence-corrected chi connectivity index (χ3v) is 8.70. The maximum atomic E-state index is 14.2. The Morgan fingerprint density at radius 3 is 2.55 bits per heavy atom. The maximum Gasteiger partial charge on any atom is 0.338 e. The van der Waals surface area contributed by atoms with Crippen molar-refractivity contribution in [3.63, 3.8) is 0 Å². The topological polar surface area (TPSA) is 74.8 Å². The fourth-order valence-electron chi connectivity index (χ4n) is 5.40. The van der Waals surface area contributed by atoms with Crippen LogP contribution >= 0.6 is 27.3 Å². The summed E-state index contributed by atoms with van der Waals surface area (Å²) in [7, 11) is 1.56. The number of fused-ring (bicyclic) bond motifs is 1. The molecule has 0 fully saturated rings. The minimum absolute atomic E-state index is 0.193. The van der Waals surface area contributed by atoms with Gasteiger partial charge in [-0.25, -0.2) is 14.2 Å². The van der Waals surface area contributed by atoms with Gasteiger partial charge in [0.25, 0.3) is 5.56 Å². The normalized spacial score (nSPS) is 15.0. The van der Waals surface area contributed by atoms with E-state index in [0.29, 0.717) is 38.3 Å².